The molecule has 2 N–H and O–H groups in total. The third-order valence-electron chi connectivity index (χ3n) is 3.72. The molecule has 0 unspecified atom stereocenters. The number of nitrogen functional groups attached to an aromatic ring is 1. The second-order valence-electron chi connectivity index (χ2n) is 5.09. The molecule has 0 bridgehead atoms. The number of anilines is 2. The Labute approximate surface area is 112 Å². The molecule has 0 atom stereocenters. The van der Waals surface area contributed by atoms with E-state index in [4.69, 9.17) is 17.3 Å². The van der Waals surface area contributed by atoms with E-state index >= 15 is 0 Å². The summed E-state index contributed by atoms with van der Waals surface area (Å²) in [4.78, 5) is 16.3. The van der Waals surface area contributed by atoms with Gasteiger partial charge in [0.2, 0.25) is 17.2 Å². The quantitative estimate of drug-likeness (QED) is 0.881. The van der Waals surface area contributed by atoms with Gasteiger partial charge in [-0.3, -0.25) is 0 Å². The van der Waals surface area contributed by atoms with Crippen molar-refractivity contribution in [3.8, 4) is 0 Å². The summed E-state index contributed by atoms with van der Waals surface area (Å²) in [6, 6.07) is 0. The van der Waals surface area contributed by atoms with Gasteiger partial charge in [-0.05, 0) is 45.0 Å². The molecule has 0 saturated heterocycles. The lowest BCUT2D eigenvalue weighted by molar-refractivity contribution is 0.0680. The van der Waals surface area contributed by atoms with Crippen LogP contribution in [-0.2, 0) is 0 Å². The predicted molar refractivity (Wildman–Crippen MR) is 72.8 cm³/mol. The first-order chi connectivity index (χ1) is 8.43. The smallest absolute Gasteiger partial charge is 0.231 e. The van der Waals surface area contributed by atoms with Crippen molar-refractivity contribution in [1.82, 2.24) is 19.9 Å². The molecule has 100 valence electrons. The van der Waals surface area contributed by atoms with Gasteiger partial charge in [0.25, 0.3) is 0 Å². The number of likely N-dealkylation sites (N-methyl/N-ethyl adjacent to an activating group) is 2. The van der Waals surface area contributed by atoms with Crippen molar-refractivity contribution >= 4 is 23.5 Å². The molecular weight excluding hydrogens is 252 g/mol. The first kappa shape index (κ1) is 13.3. The molecule has 1 fully saturated rings. The minimum absolute atomic E-state index is 0.136. The molecule has 0 amide bonds. The maximum Gasteiger partial charge on any atom is 0.231 e. The van der Waals surface area contributed by atoms with Gasteiger partial charge in [-0.1, -0.05) is 0 Å². The van der Waals surface area contributed by atoms with Crippen LogP contribution in [0.2, 0.25) is 5.28 Å². The number of nitrogens with zero attached hydrogens (tertiary/aromatic N) is 5. The Balaban J connectivity index is 2.14. The van der Waals surface area contributed by atoms with Crippen LogP contribution >= 0.6 is 11.6 Å². The molecule has 0 spiro atoms. The summed E-state index contributed by atoms with van der Waals surface area (Å²) in [5.41, 5.74) is 5.79. The Hall–Kier alpha value is -1.14. The van der Waals surface area contributed by atoms with E-state index in [2.05, 4.69) is 33.9 Å². The minimum atomic E-state index is 0.136. The lowest BCUT2D eigenvalue weighted by Crippen LogP contribution is -2.57. The fraction of sp³-hybridized carbons (Fsp3) is 0.727. The molecule has 0 aliphatic heterocycles. The molecule has 1 aliphatic carbocycles. The Morgan fingerprint density at radius 1 is 1.22 bits per heavy atom. The van der Waals surface area contributed by atoms with Gasteiger partial charge in [-0.15, -0.1) is 0 Å². The van der Waals surface area contributed by atoms with Gasteiger partial charge < -0.3 is 15.5 Å². The van der Waals surface area contributed by atoms with Crippen molar-refractivity contribution in [2.75, 3.05) is 38.3 Å². The van der Waals surface area contributed by atoms with Crippen molar-refractivity contribution in [2.24, 2.45) is 0 Å². The lowest BCUT2D eigenvalue weighted by Gasteiger charge is -2.49. The van der Waals surface area contributed by atoms with E-state index in [0.29, 0.717) is 5.95 Å². The van der Waals surface area contributed by atoms with Gasteiger partial charge in [0.1, 0.15) is 0 Å². The zero-order chi connectivity index (χ0) is 13.3. The van der Waals surface area contributed by atoms with Gasteiger partial charge in [0, 0.05) is 19.1 Å². The maximum atomic E-state index is 5.80. The highest BCUT2D eigenvalue weighted by Crippen LogP contribution is 2.37. The fourth-order valence-electron chi connectivity index (χ4n) is 2.37. The SMILES string of the molecule is CN(CC1(N(C)C)CCC1)c1nc(N)nc(Cl)n1. The number of hydrogen-bond acceptors (Lipinski definition) is 6. The molecule has 18 heavy (non-hydrogen) atoms. The summed E-state index contributed by atoms with van der Waals surface area (Å²) in [5, 5.41) is 0.136. The van der Waals surface area contributed by atoms with Crippen LogP contribution in [0.25, 0.3) is 0 Å². The number of halogens is 1. The van der Waals surface area contributed by atoms with E-state index in [1.54, 1.807) is 0 Å². The van der Waals surface area contributed by atoms with Gasteiger partial charge >= 0.3 is 0 Å². The van der Waals surface area contributed by atoms with Crippen LogP contribution in [0.1, 0.15) is 19.3 Å². The predicted octanol–water partition coefficient (Wildman–Crippen LogP) is 1.03. The van der Waals surface area contributed by atoms with Crippen molar-refractivity contribution in [2.45, 2.75) is 24.8 Å². The van der Waals surface area contributed by atoms with E-state index in [1.807, 2.05) is 11.9 Å². The highest BCUT2D eigenvalue weighted by molar-refractivity contribution is 6.28. The zero-order valence-corrected chi connectivity index (χ0v) is 11.8. The number of rotatable bonds is 4. The van der Waals surface area contributed by atoms with Crippen LogP contribution < -0.4 is 10.6 Å². The first-order valence-corrected chi connectivity index (χ1v) is 6.36. The molecule has 6 nitrogen and oxygen atoms in total. The molecular formula is C11H19ClN6. The molecule has 7 heteroatoms. The zero-order valence-electron chi connectivity index (χ0n) is 11.0. The maximum absolute atomic E-state index is 5.80. The summed E-state index contributed by atoms with van der Waals surface area (Å²) in [5.74, 6) is 0.685. The first-order valence-electron chi connectivity index (χ1n) is 5.99. The number of aromatic nitrogens is 3. The molecule has 1 saturated carbocycles. The normalized spacial score (nSPS) is 17.6. The topological polar surface area (TPSA) is 71.2 Å². The number of hydrogen-bond donors (Lipinski definition) is 1. The summed E-state index contributed by atoms with van der Waals surface area (Å²) < 4.78 is 0. The third kappa shape index (κ3) is 2.49. The average Bonchev–Trinajstić information content (AvgIpc) is 2.21. The molecule has 1 aromatic heterocycles. The molecule has 0 radical (unpaired) electrons. The Morgan fingerprint density at radius 2 is 1.89 bits per heavy atom. The fourth-order valence-corrected chi connectivity index (χ4v) is 2.53. The van der Waals surface area contributed by atoms with Crippen LogP contribution in [0.4, 0.5) is 11.9 Å². The minimum Gasteiger partial charge on any atom is -0.368 e. The second kappa shape index (κ2) is 4.85. The molecule has 1 aromatic rings. The highest BCUT2D eigenvalue weighted by Gasteiger charge is 2.40. The van der Waals surface area contributed by atoms with Crippen LogP contribution in [0.3, 0.4) is 0 Å². The van der Waals surface area contributed by atoms with Crippen molar-refractivity contribution in [3.63, 3.8) is 0 Å². The molecule has 1 aliphatic rings. The average molecular weight is 271 g/mol. The molecule has 2 rings (SSSR count). The van der Waals surface area contributed by atoms with Crippen molar-refractivity contribution < 1.29 is 0 Å². The van der Waals surface area contributed by atoms with E-state index in [1.165, 1.54) is 19.3 Å². The van der Waals surface area contributed by atoms with Crippen LogP contribution in [0.5, 0.6) is 0 Å². The Bertz CT molecular complexity index is 411. The van der Waals surface area contributed by atoms with Crippen LogP contribution in [0.15, 0.2) is 0 Å². The van der Waals surface area contributed by atoms with E-state index < -0.39 is 0 Å². The van der Waals surface area contributed by atoms with Gasteiger partial charge in [-0.25, -0.2) is 0 Å². The lowest BCUT2D eigenvalue weighted by atomic mass is 9.75. The Morgan fingerprint density at radius 3 is 2.33 bits per heavy atom. The van der Waals surface area contributed by atoms with Gasteiger partial charge in [-0.2, -0.15) is 15.0 Å². The largest absolute Gasteiger partial charge is 0.368 e. The van der Waals surface area contributed by atoms with E-state index in [-0.39, 0.29) is 16.8 Å². The van der Waals surface area contributed by atoms with Crippen LogP contribution in [0, 0.1) is 0 Å². The van der Waals surface area contributed by atoms with Crippen molar-refractivity contribution in [3.05, 3.63) is 5.28 Å². The van der Waals surface area contributed by atoms with E-state index in [0.717, 1.165) is 6.54 Å². The standard InChI is InChI=1S/C11H19ClN6/c1-17(2)11(5-4-6-11)7-18(3)10-15-8(12)14-9(13)16-10/h4-7H2,1-3H3,(H2,13,14,15,16). The van der Waals surface area contributed by atoms with Crippen LogP contribution in [-0.4, -0.2) is 53.1 Å². The second-order valence-corrected chi connectivity index (χ2v) is 5.43. The summed E-state index contributed by atoms with van der Waals surface area (Å²) >= 11 is 5.80. The summed E-state index contributed by atoms with van der Waals surface area (Å²) in [7, 11) is 6.18. The Kier molecular flexibility index (Phi) is 3.59. The van der Waals surface area contributed by atoms with Gasteiger partial charge in [0.15, 0.2) is 0 Å². The number of nitrogens with two attached hydrogens (primary N) is 1. The summed E-state index contributed by atoms with van der Waals surface area (Å²) in [6.45, 7) is 0.861. The molecule has 1 heterocycles. The summed E-state index contributed by atoms with van der Waals surface area (Å²) in [6.07, 6.45) is 3.66. The van der Waals surface area contributed by atoms with Gasteiger partial charge in [0.05, 0.1) is 0 Å². The van der Waals surface area contributed by atoms with Crippen molar-refractivity contribution in [1.29, 1.82) is 0 Å². The van der Waals surface area contributed by atoms with E-state index in [9.17, 15) is 0 Å². The monoisotopic (exact) mass is 270 g/mol. The molecule has 0 aromatic carbocycles. The third-order valence-corrected chi connectivity index (χ3v) is 3.89. The highest BCUT2D eigenvalue weighted by atomic mass is 35.5.